The van der Waals surface area contributed by atoms with Gasteiger partial charge in [0.1, 0.15) is 17.3 Å². The van der Waals surface area contributed by atoms with Crippen LogP contribution in [0.5, 0.6) is 0 Å². The second kappa shape index (κ2) is 7.56. The molecule has 4 rings (SSSR count). The van der Waals surface area contributed by atoms with Crippen molar-refractivity contribution < 1.29 is 9.18 Å². The molecular weight excluding hydrogens is 357 g/mol. The van der Waals surface area contributed by atoms with Crippen molar-refractivity contribution in [1.29, 1.82) is 0 Å². The van der Waals surface area contributed by atoms with E-state index in [0.29, 0.717) is 11.3 Å². The summed E-state index contributed by atoms with van der Waals surface area (Å²) in [6.07, 6.45) is 6.58. The van der Waals surface area contributed by atoms with Crippen molar-refractivity contribution in [2.45, 2.75) is 12.8 Å². The number of aromatic nitrogens is 2. The average Bonchev–Trinajstić information content (AvgIpc) is 3.55. The minimum Gasteiger partial charge on any atom is -0.383 e. The highest BCUT2D eigenvalue weighted by Crippen LogP contribution is 2.31. The molecule has 3 aromatic rings. The Bertz CT molecular complexity index is 1050. The quantitative estimate of drug-likeness (QED) is 0.660. The monoisotopic (exact) mass is 375 g/mol. The summed E-state index contributed by atoms with van der Waals surface area (Å²) in [5.41, 5.74) is 8.63. The van der Waals surface area contributed by atoms with Gasteiger partial charge in [-0.05, 0) is 49.2 Å². The molecule has 1 aromatic carbocycles. The summed E-state index contributed by atoms with van der Waals surface area (Å²) in [7, 11) is 0. The molecule has 3 N–H and O–H groups in total. The largest absolute Gasteiger partial charge is 0.383 e. The molecule has 0 radical (unpaired) electrons. The first-order chi connectivity index (χ1) is 13.6. The number of benzene rings is 1. The second-order valence-electron chi connectivity index (χ2n) is 6.60. The second-order valence-corrected chi connectivity index (χ2v) is 6.60. The maximum atomic E-state index is 14.1. The van der Waals surface area contributed by atoms with Gasteiger partial charge in [-0.3, -0.25) is 14.8 Å². The number of nitrogen functional groups attached to an aromatic ring is 1. The predicted molar refractivity (Wildman–Crippen MR) is 107 cm³/mol. The number of nitrogens with one attached hydrogen (secondary N) is 1. The Kier molecular flexibility index (Phi) is 4.80. The smallest absolute Gasteiger partial charge is 0.227 e. The van der Waals surface area contributed by atoms with Crippen LogP contribution in [-0.4, -0.2) is 22.1 Å². The van der Waals surface area contributed by atoms with E-state index < -0.39 is 5.82 Å². The molecule has 6 nitrogen and oxygen atoms in total. The number of aliphatic imine (C=N–C) groups is 1. The number of nitrogens with zero attached hydrogens (tertiary/aromatic N) is 3. The maximum Gasteiger partial charge on any atom is 0.227 e. The molecule has 1 fully saturated rings. The third-order valence-corrected chi connectivity index (χ3v) is 4.41. The highest BCUT2D eigenvalue weighted by molar-refractivity contribution is 5.94. The summed E-state index contributed by atoms with van der Waals surface area (Å²) in [5, 5.41) is 2.79. The number of rotatable bonds is 5. The van der Waals surface area contributed by atoms with E-state index in [0.717, 1.165) is 24.1 Å². The van der Waals surface area contributed by atoms with Crippen LogP contribution in [0, 0.1) is 11.7 Å². The first kappa shape index (κ1) is 17.8. The lowest BCUT2D eigenvalue weighted by Gasteiger charge is -2.06. The normalized spacial score (nSPS) is 13.6. The van der Waals surface area contributed by atoms with Crippen LogP contribution < -0.4 is 11.1 Å². The zero-order chi connectivity index (χ0) is 19.5. The number of hydrogen-bond donors (Lipinski definition) is 2. The van der Waals surface area contributed by atoms with Crippen molar-refractivity contribution in [2.75, 3.05) is 11.1 Å². The number of carbonyl (C=O) groups is 1. The summed E-state index contributed by atoms with van der Waals surface area (Å²) in [4.78, 5) is 24.6. The molecule has 2 aromatic heterocycles. The Morgan fingerprint density at radius 2 is 2.07 bits per heavy atom. The molecule has 1 aliphatic rings. The molecule has 0 bridgehead atoms. The van der Waals surface area contributed by atoms with Crippen LogP contribution in [0.2, 0.25) is 0 Å². The summed E-state index contributed by atoms with van der Waals surface area (Å²) in [5.74, 6) is -0.189. The van der Waals surface area contributed by atoms with Crippen LogP contribution in [0.3, 0.4) is 0 Å². The highest BCUT2D eigenvalue weighted by Gasteiger charge is 2.29. The van der Waals surface area contributed by atoms with E-state index in [1.165, 1.54) is 24.4 Å². The number of pyridine rings is 2. The van der Waals surface area contributed by atoms with Crippen molar-refractivity contribution >= 4 is 29.3 Å². The molecule has 0 spiro atoms. The SMILES string of the molecule is Nc1ncc(-c2ccccn2)cc1C=Nc1cc(NC(=O)C2CC2)ccc1F. The van der Waals surface area contributed by atoms with E-state index in [9.17, 15) is 9.18 Å². The summed E-state index contributed by atoms with van der Waals surface area (Å²) in [6, 6.07) is 11.7. The fourth-order valence-electron chi connectivity index (χ4n) is 2.69. The van der Waals surface area contributed by atoms with Crippen LogP contribution in [-0.2, 0) is 4.79 Å². The lowest BCUT2D eigenvalue weighted by Crippen LogP contribution is -2.13. The molecular formula is C21H18FN5O. The van der Waals surface area contributed by atoms with Crippen LogP contribution in [0.1, 0.15) is 18.4 Å². The molecule has 0 unspecified atom stereocenters. The number of halogens is 1. The number of hydrogen-bond acceptors (Lipinski definition) is 5. The molecule has 28 heavy (non-hydrogen) atoms. The Hall–Kier alpha value is -3.61. The molecule has 1 amide bonds. The first-order valence-electron chi connectivity index (χ1n) is 8.91. The third-order valence-electron chi connectivity index (χ3n) is 4.41. The van der Waals surface area contributed by atoms with Crippen molar-refractivity contribution in [1.82, 2.24) is 9.97 Å². The van der Waals surface area contributed by atoms with E-state index in [-0.39, 0.29) is 23.3 Å². The summed E-state index contributed by atoms with van der Waals surface area (Å²) >= 11 is 0. The zero-order valence-electron chi connectivity index (χ0n) is 15.0. The molecule has 140 valence electrons. The molecule has 7 heteroatoms. The molecule has 0 aliphatic heterocycles. The minimum atomic E-state index is -0.493. The summed E-state index contributed by atoms with van der Waals surface area (Å²) < 4.78 is 14.1. The van der Waals surface area contributed by atoms with Crippen LogP contribution in [0.15, 0.2) is 59.9 Å². The van der Waals surface area contributed by atoms with Crippen LogP contribution >= 0.6 is 0 Å². The van der Waals surface area contributed by atoms with Gasteiger partial charge in [0.05, 0.1) is 5.69 Å². The van der Waals surface area contributed by atoms with E-state index >= 15 is 0 Å². The van der Waals surface area contributed by atoms with E-state index in [2.05, 4.69) is 20.3 Å². The number of amides is 1. The lowest BCUT2D eigenvalue weighted by atomic mass is 10.1. The van der Waals surface area contributed by atoms with Gasteiger partial charge in [0.25, 0.3) is 0 Å². The van der Waals surface area contributed by atoms with Gasteiger partial charge < -0.3 is 11.1 Å². The van der Waals surface area contributed by atoms with Gasteiger partial charge in [-0.15, -0.1) is 0 Å². The van der Waals surface area contributed by atoms with Gasteiger partial charge in [-0.2, -0.15) is 0 Å². The predicted octanol–water partition coefficient (Wildman–Crippen LogP) is 3.96. The zero-order valence-corrected chi connectivity index (χ0v) is 15.0. The highest BCUT2D eigenvalue weighted by atomic mass is 19.1. The lowest BCUT2D eigenvalue weighted by molar-refractivity contribution is -0.117. The van der Waals surface area contributed by atoms with Gasteiger partial charge in [0.15, 0.2) is 0 Å². The van der Waals surface area contributed by atoms with Gasteiger partial charge in [-0.1, -0.05) is 6.07 Å². The average molecular weight is 375 g/mol. The van der Waals surface area contributed by atoms with E-state index in [4.69, 9.17) is 5.73 Å². The Morgan fingerprint density at radius 3 is 2.82 bits per heavy atom. The molecule has 2 heterocycles. The summed E-state index contributed by atoms with van der Waals surface area (Å²) in [6.45, 7) is 0. The van der Waals surface area contributed by atoms with E-state index in [1.807, 2.05) is 18.2 Å². The number of anilines is 2. The minimum absolute atomic E-state index is 0.0435. The third kappa shape index (κ3) is 4.03. The Balaban J connectivity index is 1.59. The fraction of sp³-hybridized carbons (Fsp3) is 0.143. The van der Waals surface area contributed by atoms with Crippen LogP contribution in [0.4, 0.5) is 21.6 Å². The first-order valence-corrected chi connectivity index (χ1v) is 8.91. The molecule has 1 aliphatic carbocycles. The maximum absolute atomic E-state index is 14.1. The fourth-order valence-corrected chi connectivity index (χ4v) is 2.69. The van der Waals surface area contributed by atoms with Gasteiger partial charge in [0, 0.05) is 41.3 Å². The molecule has 0 atom stereocenters. The standard InChI is InChI=1S/C21H18FN5O/c22-17-7-6-16(27-21(28)13-4-5-13)10-19(17)25-12-15-9-14(11-26-20(15)23)18-3-1-2-8-24-18/h1-3,6-13H,4-5H2,(H2,23,26)(H,27,28). The van der Waals surface area contributed by atoms with Crippen LogP contribution in [0.25, 0.3) is 11.3 Å². The molecule has 1 saturated carbocycles. The number of carbonyl (C=O) groups excluding carboxylic acids is 1. The van der Waals surface area contributed by atoms with Crippen molar-refractivity contribution in [3.05, 3.63) is 66.2 Å². The number of nitrogens with two attached hydrogens (primary N) is 1. The Labute approximate surface area is 161 Å². The van der Waals surface area contributed by atoms with Gasteiger partial charge in [0.2, 0.25) is 5.91 Å². The van der Waals surface area contributed by atoms with Crippen molar-refractivity contribution in [2.24, 2.45) is 10.9 Å². The van der Waals surface area contributed by atoms with Crippen molar-refractivity contribution in [3.63, 3.8) is 0 Å². The van der Waals surface area contributed by atoms with E-state index in [1.54, 1.807) is 18.5 Å². The topological polar surface area (TPSA) is 93.3 Å². The molecule has 0 saturated heterocycles. The van der Waals surface area contributed by atoms with Crippen molar-refractivity contribution in [3.8, 4) is 11.3 Å². The van der Waals surface area contributed by atoms with Gasteiger partial charge >= 0.3 is 0 Å². The Morgan fingerprint density at radius 1 is 1.21 bits per heavy atom. The van der Waals surface area contributed by atoms with Gasteiger partial charge in [-0.25, -0.2) is 9.37 Å².